The lowest BCUT2D eigenvalue weighted by molar-refractivity contribution is 0.922. The van der Waals surface area contributed by atoms with E-state index >= 15 is 0 Å². The molecule has 1 aromatic heterocycles. The topological polar surface area (TPSA) is 37.8 Å². The van der Waals surface area contributed by atoms with Crippen LogP contribution in [0.15, 0.2) is 30.5 Å². The number of rotatable bonds is 6. The molecule has 1 N–H and O–H groups in total. The summed E-state index contributed by atoms with van der Waals surface area (Å²) in [7, 11) is 0. The molecule has 2 aromatic rings. The van der Waals surface area contributed by atoms with Gasteiger partial charge in [-0.25, -0.2) is 9.97 Å². The third-order valence-corrected chi connectivity index (χ3v) is 3.27. The molecule has 0 radical (unpaired) electrons. The molecule has 106 valence electrons. The number of nitrogens with one attached hydrogen (secondary N) is 1. The maximum Gasteiger partial charge on any atom is 0.223 e. The maximum absolute atomic E-state index is 4.63. The van der Waals surface area contributed by atoms with Crippen molar-refractivity contribution in [3.63, 3.8) is 0 Å². The average Bonchev–Trinajstić information content (AvgIpc) is 2.48. The van der Waals surface area contributed by atoms with Crippen molar-refractivity contribution in [2.45, 2.75) is 40.0 Å². The van der Waals surface area contributed by atoms with E-state index in [4.69, 9.17) is 0 Å². The van der Waals surface area contributed by atoms with E-state index in [2.05, 4.69) is 60.3 Å². The minimum Gasteiger partial charge on any atom is -0.354 e. The SMILES string of the molecule is CCCNc1ncc(C)c(-c2ccc(CCC)cc2)n1. The summed E-state index contributed by atoms with van der Waals surface area (Å²) in [6, 6.07) is 8.70. The zero-order chi connectivity index (χ0) is 14.4. The van der Waals surface area contributed by atoms with Crippen LogP contribution >= 0.6 is 0 Å². The molecule has 0 amide bonds. The van der Waals surface area contributed by atoms with Crippen LogP contribution in [0, 0.1) is 6.92 Å². The highest BCUT2D eigenvalue weighted by Crippen LogP contribution is 2.22. The van der Waals surface area contributed by atoms with Gasteiger partial charge in [0.1, 0.15) is 0 Å². The fraction of sp³-hybridized carbons (Fsp3) is 0.412. The molecule has 20 heavy (non-hydrogen) atoms. The van der Waals surface area contributed by atoms with Crippen LogP contribution in [0.3, 0.4) is 0 Å². The van der Waals surface area contributed by atoms with Crippen LogP contribution in [0.2, 0.25) is 0 Å². The Kier molecular flexibility index (Phi) is 5.10. The van der Waals surface area contributed by atoms with E-state index in [1.165, 1.54) is 12.0 Å². The summed E-state index contributed by atoms with van der Waals surface area (Å²) in [6.07, 6.45) is 5.27. The second kappa shape index (κ2) is 7.04. The lowest BCUT2D eigenvalue weighted by Gasteiger charge is -2.09. The Morgan fingerprint density at radius 2 is 1.80 bits per heavy atom. The Hall–Kier alpha value is -1.90. The molecule has 3 nitrogen and oxygen atoms in total. The minimum absolute atomic E-state index is 0.713. The summed E-state index contributed by atoms with van der Waals surface area (Å²) < 4.78 is 0. The van der Waals surface area contributed by atoms with E-state index in [9.17, 15) is 0 Å². The maximum atomic E-state index is 4.63. The number of benzene rings is 1. The zero-order valence-electron chi connectivity index (χ0n) is 12.6. The predicted molar refractivity (Wildman–Crippen MR) is 85.0 cm³/mol. The molecule has 1 aromatic carbocycles. The second-order valence-electron chi connectivity index (χ2n) is 5.10. The molecule has 0 atom stereocenters. The minimum atomic E-state index is 0.713. The number of aromatic nitrogens is 2. The van der Waals surface area contributed by atoms with Gasteiger partial charge in [-0.1, -0.05) is 44.5 Å². The van der Waals surface area contributed by atoms with Crippen molar-refractivity contribution < 1.29 is 0 Å². The molecule has 1 heterocycles. The van der Waals surface area contributed by atoms with Gasteiger partial charge in [0.2, 0.25) is 5.95 Å². The van der Waals surface area contributed by atoms with Gasteiger partial charge in [-0.15, -0.1) is 0 Å². The van der Waals surface area contributed by atoms with Crippen LogP contribution < -0.4 is 5.32 Å². The van der Waals surface area contributed by atoms with Crippen molar-refractivity contribution in [1.82, 2.24) is 9.97 Å². The van der Waals surface area contributed by atoms with Gasteiger partial charge in [-0.2, -0.15) is 0 Å². The van der Waals surface area contributed by atoms with Gasteiger partial charge in [-0.3, -0.25) is 0 Å². The second-order valence-corrected chi connectivity index (χ2v) is 5.10. The molecule has 0 fully saturated rings. The molecular weight excluding hydrogens is 246 g/mol. The Morgan fingerprint density at radius 3 is 2.45 bits per heavy atom. The van der Waals surface area contributed by atoms with Crippen molar-refractivity contribution in [3.8, 4) is 11.3 Å². The van der Waals surface area contributed by atoms with Crippen LogP contribution in [0.4, 0.5) is 5.95 Å². The molecule has 2 rings (SSSR count). The fourth-order valence-corrected chi connectivity index (χ4v) is 2.17. The Labute approximate surface area is 121 Å². The van der Waals surface area contributed by atoms with Crippen molar-refractivity contribution in [2.24, 2.45) is 0 Å². The Balaban J connectivity index is 2.26. The van der Waals surface area contributed by atoms with Gasteiger partial charge in [0.15, 0.2) is 0 Å². The van der Waals surface area contributed by atoms with Crippen LogP contribution in [-0.4, -0.2) is 16.5 Å². The standard InChI is InChI=1S/C17H23N3/c1-4-6-14-7-9-15(10-8-14)16-13(3)12-19-17(20-16)18-11-5-2/h7-10,12H,4-6,11H2,1-3H3,(H,18,19,20). The number of hydrogen-bond donors (Lipinski definition) is 1. The molecule has 0 saturated heterocycles. The molecule has 3 heteroatoms. The van der Waals surface area contributed by atoms with Crippen LogP contribution in [-0.2, 0) is 6.42 Å². The molecule has 0 saturated carbocycles. The fourth-order valence-electron chi connectivity index (χ4n) is 2.17. The van der Waals surface area contributed by atoms with Crippen LogP contribution in [0.25, 0.3) is 11.3 Å². The third-order valence-electron chi connectivity index (χ3n) is 3.27. The summed E-state index contributed by atoms with van der Waals surface area (Å²) in [6.45, 7) is 7.29. The van der Waals surface area contributed by atoms with E-state index in [1.54, 1.807) is 0 Å². The lowest BCUT2D eigenvalue weighted by Crippen LogP contribution is -2.05. The number of anilines is 1. The largest absolute Gasteiger partial charge is 0.354 e. The molecule has 0 bridgehead atoms. The van der Waals surface area contributed by atoms with Crippen molar-refractivity contribution in [1.29, 1.82) is 0 Å². The highest BCUT2D eigenvalue weighted by atomic mass is 15.1. The smallest absolute Gasteiger partial charge is 0.223 e. The number of hydrogen-bond acceptors (Lipinski definition) is 3. The highest BCUT2D eigenvalue weighted by Gasteiger charge is 2.06. The summed E-state index contributed by atoms with van der Waals surface area (Å²) >= 11 is 0. The third kappa shape index (κ3) is 3.56. The van der Waals surface area contributed by atoms with Gasteiger partial charge in [-0.05, 0) is 30.9 Å². The normalized spacial score (nSPS) is 10.6. The molecule has 0 unspecified atom stereocenters. The highest BCUT2D eigenvalue weighted by molar-refractivity contribution is 5.64. The first kappa shape index (κ1) is 14.5. The molecule has 0 aliphatic heterocycles. The van der Waals surface area contributed by atoms with Gasteiger partial charge >= 0.3 is 0 Å². The zero-order valence-corrected chi connectivity index (χ0v) is 12.6. The van der Waals surface area contributed by atoms with Gasteiger partial charge in [0.05, 0.1) is 5.69 Å². The molecular formula is C17H23N3. The summed E-state index contributed by atoms with van der Waals surface area (Å²) in [5.41, 5.74) is 4.66. The first-order valence-corrected chi connectivity index (χ1v) is 7.41. The van der Waals surface area contributed by atoms with Crippen LogP contribution in [0.5, 0.6) is 0 Å². The first-order chi connectivity index (χ1) is 9.74. The number of nitrogens with zero attached hydrogens (tertiary/aromatic N) is 2. The summed E-state index contributed by atoms with van der Waals surface area (Å²) in [4.78, 5) is 8.96. The van der Waals surface area contributed by atoms with Gasteiger partial charge in [0, 0.05) is 18.3 Å². The quantitative estimate of drug-likeness (QED) is 0.853. The average molecular weight is 269 g/mol. The van der Waals surface area contributed by atoms with E-state index in [1.807, 2.05) is 6.20 Å². The molecule has 0 spiro atoms. The monoisotopic (exact) mass is 269 g/mol. The van der Waals surface area contributed by atoms with Crippen molar-refractivity contribution >= 4 is 5.95 Å². The molecule has 0 aliphatic carbocycles. The van der Waals surface area contributed by atoms with E-state index in [0.717, 1.165) is 36.2 Å². The van der Waals surface area contributed by atoms with E-state index in [-0.39, 0.29) is 0 Å². The molecule has 0 aliphatic rings. The number of aryl methyl sites for hydroxylation is 2. The Morgan fingerprint density at radius 1 is 1.05 bits per heavy atom. The summed E-state index contributed by atoms with van der Waals surface area (Å²) in [5.74, 6) is 0.713. The van der Waals surface area contributed by atoms with Crippen molar-refractivity contribution in [2.75, 3.05) is 11.9 Å². The lowest BCUT2D eigenvalue weighted by atomic mass is 10.0. The van der Waals surface area contributed by atoms with E-state index in [0.29, 0.717) is 5.95 Å². The Bertz CT molecular complexity index is 547. The van der Waals surface area contributed by atoms with Gasteiger partial charge < -0.3 is 5.32 Å². The van der Waals surface area contributed by atoms with Crippen molar-refractivity contribution in [3.05, 3.63) is 41.6 Å². The first-order valence-electron chi connectivity index (χ1n) is 7.41. The predicted octanol–water partition coefficient (Wildman–Crippen LogP) is 4.23. The summed E-state index contributed by atoms with van der Waals surface area (Å²) in [5, 5.41) is 3.24. The van der Waals surface area contributed by atoms with E-state index < -0.39 is 0 Å². The van der Waals surface area contributed by atoms with Gasteiger partial charge in [0.25, 0.3) is 0 Å². The van der Waals surface area contributed by atoms with Crippen LogP contribution in [0.1, 0.15) is 37.8 Å².